The molecule has 0 aliphatic carbocycles. The number of aliphatic imine (C=N–C) groups is 1. The van der Waals surface area contributed by atoms with Crippen LogP contribution in [0.25, 0.3) is 10.9 Å². The highest BCUT2D eigenvalue weighted by molar-refractivity contribution is 6.05. The van der Waals surface area contributed by atoms with Gasteiger partial charge in [0.1, 0.15) is 12.2 Å². The molecule has 3 rings (SSSR count). The normalized spacial score (nSPS) is 10.5. The standard InChI is InChI=1S/C17H19N7O2/c1-24-9-12(22-15(25)8-21-17(18)19)7-14(24)16(26)23-11-3-2-10-4-5-20-13(10)6-11/h2-7,9,20H,8H2,1H3,(H,22,25)(H,23,26)(H4,18,19,21). The highest BCUT2D eigenvalue weighted by Gasteiger charge is 2.14. The number of fused-ring (bicyclic) bond motifs is 1. The smallest absolute Gasteiger partial charge is 0.272 e. The topological polar surface area (TPSA) is 143 Å². The zero-order valence-corrected chi connectivity index (χ0v) is 14.1. The maximum absolute atomic E-state index is 12.5. The molecule has 0 radical (unpaired) electrons. The number of carbonyl (C=O) groups is 2. The number of carbonyl (C=O) groups excluding carboxylic acids is 2. The van der Waals surface area contributed by atoms with E-state index >= 15 is 0 Å². The molecule has 9 heteroatoms. The van der Waals surface area contributed by atoms with Crippen LogP contribution in [0.1, 0.15) is 10.5 Å². The molecule has 0 aliphatic heterocycles. The summed E-state index contributed by atoms with van der Waals surface area (Å²) in [5.41, 5.74) is 12.9. The van der Waals surface area contributed by atoms with Crippen LogP contribution in [0.2, 0.25) is 0 Å². The van der Waals surface area contributed by atoms with Crippen molar-refractivity contribution in [1.29, 1.82) is 0 Å². The third kappa shape index (κ3) is 3.83. The Kier molecular flexibility index (Phi) is 4.61. The summed E-state index contributed by atoms with van der Waals surface area (Å²) in [4.78, 5) is 31.0. The summed E-state index contributed by atoms with van der Waals surface area (Å²) in [6, 6.07) is 9.14. The second kappa shape index (κ2) is 7.01. The molecule has 1 aromatic carbocycles. The fourth-order valence-corrected chi connectivity index (χ4v) is 2.54. The van der Waals surface area contributed by atoms with Gasteiger partial charge in [0.05, 0.1) is 5.69 Å². The summed E-state index contributed by atoms with van der Waals surface area (Å²) in [6.45, 7) is -0.186. The monoisotopic (exact) mass is 353 g/mol. The van der Waals surface area contributed by atoms with E-state index in [4.69, 9.17) is 11.5 Å². The van der Waals surface area contributed by atoms with E-state index in [0.717, 1.165) is 10.9 Å². The first-order valence-corrected chi connectivity index (χ1v) is 7.82. The van der Waals surface area contributed by atoms with E-state index in [1.165, 1.54) is 0 Å². The van der Waals surface area contributed by atoms with Gasteiger partial charge >= 0.3 is 0 Å². The number of hydrogen-bond acceptors (Lipinski definition) is 3. The van der Waals surface area contributed by atoms with Crippen molar-refractivity contribution in [1.82, 2.24) is 9.55 Å². The Morgan fingerprint density at radius 2 is 1.96 bits per heavy atom. The number of aryl methyl sites for hydroxylation is 1. The van der Waals surface area contributed by atoms with Crippen molar-refractivity contribution in [3.8, 4) is 0 Å². The quantitative estimate of drug-likeness (QED) is 0.344. The number of H-pyrrole nitrogens is 1. The molecule has 0 spiro atoms. The van der Waals surface area contributed by atoms with Crippen molar-refractivity contribution < 1.29 is 9.59 Å². The second-order valence-electron chi connectivity index (χ2n) is 5.75. The van der Waals surface area contributed by atoms with Crippen LogP contribution in [0.4, 0.5) is 11.4 Å². The predicted molar refractivity (Wildman–Crippen MR) is 101 cm³/mol. The Hall–Kier alpha value is -3.75. The molecule has 0 atom stereocenters. The van der Waals surface area contributed by atoms with E-state index in [-0.39, 0.29) is 24.3 Å². The first-order valence-electron chi connectivity index (χ1n) is 7.82. The van der Waals surface area contributed by atoms with Crippen LogP contribution in [0, 0.1) is 0 Å². The molecular weight excluding hydrogens is 334 g/mol. The van der Waals surface area contributed by atoms with E-state index in [1.54, 1.807) is 23.9 Å². The van der Waals surface area contributed by atoms with Crippen LogP contribution >= 0.6 is 0 Å². The van der Waals surface area contributed by atoms with Gasteiger partial charge in [-0.05, 0) is 29.7 Å². The van der Waals surface area contributed by atoms with Crippen molar-refractivity contribution in [2.24, 2.45) is 23.5 Å². The lowest BCUT2D eigenvalue weighted by Crippen LogP contribution is -2.25. The Bertz CT molecular complexity index is 996. The summed E-state index contributed by atoms with van der Waals surface area (Å²) >= 11 is 0. The van der Waals surface area contributed by atoms with Gasteiger partial charge in [0.15, 0.2) is 5.96 Å². The zero-order valence-electron chi connectivity index (χ0n) is 14.1. The van der Waals surface area contributed by atoms with Crippen LogP contribution in [0.3, 0.4) is 0 Å². The van der Waals surface area contributed by atoms with Gasteiger partial charge in [0.2, 0.25) is 5.91 Å². The molecule has 0 aliphatic rings. The number of anilines is 2. The number of guanidine groups is 1. The molecule has 0 saturated heterocycles. The third-order valence-corrected chi connectivity index (χ3v) is 3.74. The number of aromatic nitrogens is 2. The Morgan fingerprint density at radius 3 is 2.73 bits per heavy atom. The van der Waals surface area contributed by atoms with Gasteiger partial charge in [-0.25, -0.2) is 4.99 Å². The molecule has 0 unspecified atom stereocenters. The van der Waals surface area contributed by atoms with Gasteiger partial charge in [-0.2, -0.15) is 0 Å². The second-order valence-corrected chi connectivity index (χ2v) is 5.75. The average Bonchev–Trinajstić information content (AvgIpc) is 3.18. The number of nitrogens with two attached hydrogens (primary N) is 2. The minimum atomic E-state index is -0.381. The minimum Gasteiger partial charge on any atom is -0.370 e. The first-order chi connectivity index (χ1) is 12.4. The van der Waals surface area contributed by atoms with Crippen molar-refractivity contribution in [2.75, 3.05) is 17.2 Å². The lowest BCUT2D eigenvalue weighted by Gasteiger charge is -2.06. The van der Waals surface area contributed by atoms with Crippen LogP contribution < -0.4 is 22.1 Å². The molecule has 134 valence electrons. The molecule has 2 heterocycles. The minimum absolute atomic E-state index is 0.160. The fraction of sp³-hybridized carbons (Fsp3) is 0.118. The molecule has 26 heavy (non-hydrogen) atoms. The van der Waals surface area contributed by atoms with Crippen molar-refractivity contribution in [2.45, 2.75) is 0 Å². The summed E-state index contributed by atoms with van der Waals surface area (Å²) in [5.74, 6) is -0.830. The molecule has 0 saturated carbocycles. The van der Waals surface area contributed by atoms with Gasteiger partial charge in [0.25, 0.3) is 5.91 Å². The largest absolute Gasteiger partial charge is 0.370 e. The Balaban J connectivity index is 1.70. The maximum atomic E-state index is 12.5. The highest BCUT2D eigenvalue weighted by atomic mass is 16.2. The summed E-state index contributed by atoms with van der Waals surface area (Å²) in [6.07, 6.45) is 3.47. The number of aromatic amines is 1. The molecule has 2 amide bonds. The Labute approximate surface area is 149 Å². The van der Waals surface area contributed by atoms with Gasteiger partial charge in [-0.3, -0.25) is 9.59 Å². The summed E-state index contributed by atoms with van der Waals surface area (Å²) in [5, 5.41) is 6.54. The van der Waals surface area contributed by atoms with E-state index < -0.39 is 0 Å². The van der Waals surface area contributed by atoms with Crippen LogP contribution in [-0.4, -0.2) is 33.9 Å². The van der Waals surface area contributed by atoms with Crippen molar-refractivity contribution >= 4 is 40.1 Å². The highest BCUT2D eigenvalue weighted by Crippen LogP contribution is 2.19. The van der Waals surface area contributed by atoms with Gasteiger partial charge < -0.3 is 31.7 Å². The van der Waals surface area contributed by atoms with Crippen molar-refractivity contribution in [3.05, 3.63) is 48.4 Å². The number of hydrogen-bond donors (Lipinski definition) is 5. The van der Waals surface area contributed by atoms with Crippen LogP contribution in [0.5, 0.6) is 0 Å². The van der Waals surface area contributed by atoms with Crippen molar-refractivity contribution in [3.63, 3.8) is 0 Å². The molecule has 0 fully saturated rings. The molecular formula is C17H19N7O2. The lowest BCUT2D eigenvalue weighted by molar-refractivity contribution is -0.114. The van der Waals surface area contributed by atoms with E-state index in [2.05, 4.69) is 20.6 Å². The van der Waals surface area contributed by atoms with Crippen LogP contribution in [-0.2, 0) is 11.8 Å². The average molecular weight is 353 g/mol. The van der Waals surface area contributed by atoms with E-state index in [1.807, 2.05) is 30.5 Å². The molecule has 0 bridgehead atoms. The maximum Gasteiger partial charge on any atom is 0.272 e. The number of benzene rings is 1. The summed E-state index contributed by atoms with van der Waals surface area (Å²) < 4.78 is 1.62. The van der Waals surface area contributed by atoms with Gasteiger partial charge in [-0.15, -0.1) is 0 Å². The number of nitrogens with one attached hydrogen (secondary N) is 3. The summed E-state index contributed by atoms with van der Waals surface area (Å²) in [7, 11) is 1.72. The fourth-order valence-electron chi connectivity index (χ4n) is 2.54. The van der Waals surface area contributed by atoms with E-state index in [9.17, 15) is 9.59 Å². The predicted octanol–water partition coefficient (Wildman–Crippen LogP) is 0.971. The zero-order chi connectivity index (χ0) is 18.7. The van der Waals surface area contributed by atoms with Gasteiger partial charge in [0, 0.05) is 30.6 Å². The SMILES string of the molecule is Cn1cc(NC(=O)CN=C(N)N)cc1C(=O)Nc1ccc2cc[nH]c2c1. The molecule has 2 aromatic heterocycles. The third-order valence-electron chi connectivity index (χ3n) is 3.74. The molecule has 3 aromatic rings. The number of nitrogens with zero attached hydrogens (tertiary/aromatic N) is 2. The molecule has 9 nitrogen and oxygen atoms in total. The number of amides is 2. The van der Waals surface area contributed by atoms with Gasteiger partial charge in [-0.1, -0.05) is 6.07 Å². The number of rotatable bonds is 5. The van der Waals surface area contributed by atoms with Crippen LogP contribution in [0.15, 0.2) is 47.7 Å². The van der Waals surface area contributed by atoms with E-state index in [0.29, 0.717) is 17.1 Å². The first kappa shape index (κ1) is 17.1. The Morgan fingerprint density at radius 1 is 1.15 bits per heavy atom. The lowest BCUT2D eigenvalue weighted by atomic mass is 10.2. The molecule has 7 N–H and O–H groups in total.